The van der Waals surface area contributed by atoms with E-state index >= 15 is 0 Å². The van der Waals surface area contributed by atoms with Crippen molar-refractivity contribution >= 4 is 28.6 Å². The van der Waals surface area contributed by atoms with Crippen LogP contribution in [-0.2, 0) is 15.1 Å². The number of carbonyl (C=O) groups excluding carboxylic acids is 3. The van der Waals surface area contributed by atoms with Gasteiger partial charge in [-0.05, 0) is 41.5 Å². The maximum Gasteiger partial charge on any atom is 0.325 e. The van der Waals surface area contributed by atoms with Crippen LogP contribution >= 0.6 is 0 Å². The first-order valence-corrected chi connectivity index (χ1v) is 7.36. The van der Waals surface area contributed by atoms with Crippen molar-refractivity contribution < 1.29 is 19.1 Å². The van der Waals surface area contributed by atoms with Gasteiger partial charge in [0.25, 0.3) is 5.91 Å². The fraction of sp³-hybridized carbons (Fsp3) is 0.235. The summed E-state index contributed by atoms with van der Waals surface area (Å²) in [4.78, 5) is 36.6. The standard InChI is InChI=1S/C17H17N3O4/c1-17(15(22)20(9-14(18)21)16(23)19-17)12-5-3-11-8-13(24-2)6-4-10(11)7-12/h3-8H,9H2,1-2H3,(H2,18,21)(H,19,23)/t17-/m1/s1. The minimum Gasteiger partial charge on any atom is -0.497 e. The average Bonchev–Trinajstić information content (AvgIpc) is 2.77. The zero-order chi connectivity index (χ0) is 17.5. The summed E-state index contributed by atoms with van der Waals surface area (Å²) in [5, 5.41) is 4.50. The summed E-state index contributed by atoms with van der Waals surface area (Å²) in [7, 11) is 1.59. The molecule has 0 radical (unpaired) electrons. The number of primary amides is 1. The van der Waals surface area contributed by atoms with Crippen molar-refractivity contribution in [2.24, 2.45) is 5.73 Å². The summed E-state index contributed by atoms with van der Waals surface area (Å²) in [5.41, 5.74) is 4.50. The van der Waals surface area contributed by atoms with E-state index in [0.717, 1.165) is 21.4 Å². The molecule has 3 rings (SSSR count). The van der Waals surface area contributed by atoms with E-state index in [1.807, 2.05) is 30.3 Å². The number of ether oxygens (including phenoxy) is 1. The molecule has 1 fully saturated rings. The molecule has 124 valence electrons. The van der Waals surface area contributed by atoms with E-state index in [1.54, 1.807) is 20.1 Å². The molecule has 24 heavy (non-hydrogen) atoms. The molecule has 7 heteroatoms. The van der Waals surface area contributed by atoms with E-state index in [9.17, 15) is 14.4 Å². The molecular weight excluding hydrogens is 310 g/mol. The molecule has 1 heterocycles. The number of hydrogen-bond acceptors (Lipinski definition) is 4. The molecule has 0 saturated carbocycles. The van der Waals surface area contributed by atoms with E-state index in [0.29, 0.717) is 5.56 Å². The van der Waals surface area contributed by atoms with Crippen LogP contribution in [0.3, 0.4) is 0 Å². The smallest absolute Gasteiger partial charge is 0.325 e. The van der Waals surface area contributed by atoms with Crippen LogP contribution in [0.25, 0.3) is 10.8 Å². The molecule has 0 unspecified atom stereocenters. The van der Waals surface area contributed by atoms with Crippen molar-refractivity contribution in [2.45, 2.75) is 12.5 Å². The van der Waals surface area contributed by atoms with Crippen molar-refractivity contribution in [3.05, 3.63) is 42.0 Å². The van der Waals surface area contributed by atoms with Crippen LogP contribution < -0.4 is 15.8 Å². The number of imide groups is 1. The molecule has 2 aromatic rings. The Kier molecular flexibility index (Phi) is 3.63. The lowest BCUT2D eigenvalue weighted by Gasteiger charge is -2.22. The van der Waals surface area contributed by atoms with E-state index in [1.165, 1.54) is 0 Å². The van der Waals surface area contributed by atoms with Gasteiger partial charge in [0.15, 0.2) is 0 Å². The van der Waals surface area contributed by atoms with Gasteiger partial charge in [0.2, 0.25) is 5.91 Å². The van der Waals surface area contributed by atoms with Crippen LogP contribution in [0.5, 0.6) is 5.75 Å². The number of nitrogens with zero attached hydrogens (tertiary/aromatic N) is 1. The predicted octanol–water partition coefficient (Wildman–Crippen LogP) is 1.10. The third-order valence-electron chi connectivity index (χ3n) is 4.21. The van der Waals surface area contributed by atoms with E-state index in [4.69, 9.17) is 10.5 Å². The number of urea groups is 1. The van der Waals surface area contributed by atoms with Gasteiger partial charge in [-0.1, -0.05) is 18.2 Å². The lowest BCUT2D eigenvalue weighted by molar-refractivity contribution is -0.134. The first kappa shape index (κ1) is 15.8. The summed E-state index contributed by atoms with van der Waals surface area (Å²) in [6.45, 7) is 1.17. The largest absolute Gasteiger partial charge is 0.497 e. The van der Waals surface area contributed by atoms with Crippen LogP contribution in [0.15, 0.2) is 36.4 Å². The quantitative estimate of drug-likeness (QED) is 0.821. The Morgan fingerprint density at radius 3 is 2.54 bits per heavy atom. The van der Waals surface area contributed by atoms with E-state index in [2.05, 4.69) is 5.32 Å². The summed E-state index contributed by atoms with van der Waals surface area (Å²) < 4.78 is 5.19. The maximum absolute atomic E-state index is 12.6. The number of methoxy groups -OCH3 is 1. The normalized spacial score (nSPS) is 20.3. The van der Waals surface area contributed by atoms with Gasteiger partial charge in [0.05, 0.1) is 7.11 Å². The molecule has 1 aliphatic rings. The minimum absolute atomic E-state index is 0.439. The van der Waals surface area contributed by atoms with Gasteiger partial charge in [-0.25, -0.2) is 4.79 Å². The molecule has 0 aromatic heterocycles. The molecule has 1 aliphatic heterocycles. The second-order valence-electron chi connectivity index (χ2n) is 5.84. The molecule has 1 atom stereocenters. The molecule has 4 amide bonds. The van der Waals surface area contributed by atoms with Gasteiger partial charge in [-0.15, -0.1) is 0 Å². The van der Waals surface area contributed by atoms with Crippen LogP contribution in [-0.4, -0.2) is 36.4 Å². The first-order valence-electron chi connectivity index (χ1n) is 7.36. The Hall–Kier alpha value is -3.09. The number of nitrogens with two attached hydrogens (primary N) is 1. The Balaban J connectivity index is 2.01. The van der Waals surface area contributed by atoms with Crippen molar-refractivity contribution in [1.82, 2.24) is 10.2 Å². The third kappa shape index (κ3) is 2.44. The Morgan fingerprint density at radius 2 is 1.88 bits per heavy atom. The molecule has 0 aliphatic carbocycles. The summed E-state index contributed by atoms with van der Waals surface area (Å²) in [6, 6.07) is 10.4. The number of nitrogens with one attached hydrogen (secondary N) is 1. The van der Waals surface area contributed by atoms with Crippen molar-refractivity contribution in [1.29, 1.82) is 0 Å². The second kappa shape index (κ2) is 5.52. The van der Waals surface area contributed by atoms with Gasteiger partial charge in [0, 0.05) is 0 Å². The molecule has 2 aromatic carbocycles. The first-order chi connectivity index (χ1) is 11.3. The summed E-state index contributed by atoms with van der Waals surface area (Å²) >= 11 is 0. The highest BCUT2D eigenvalue weighted by molar-refractivity contribution is 6.09. The van der Waals surface area contributed by atoms with Crippen LogP contribution in [0, 0.1) is 0 Å². The highest BCUT2D eigenvalue weighted by Gasteiger charge is 2.49. The average molecular weight is 327 g/mol. The van der Waals surface area contributed by atoms with Crippen molar-refractivity contribution in [2.75, 3.05) is 13.7 Å². The second-order valence-corrected chi connectivity index (χ2v) is 5.84. The topological polar surface area (TPSA) is 102 Å². The fourth-order valence-electron chi connectivity index (χ4n) is 2.85. The number of rotatable bonds is 4. The van der Waals surface area contributed by atoms with Crippen LogP contribution in [0.1, 0.15) is 12.5 Å². The van der Waals surface area contributed by atoms with Crippen molar-refractivity contribution in [3.63, 3.8) is 0 Å². The monoisotopic (exact) mass is 327 g/mol. The van der Waals surface area contributed by atoms with E-state index < -0.39 is 29.9 Å². The van der Waals surface area contributed by atoms with Gasteiger partial charge >= 0.3 is 6.03 Å². The molecule has 3 N–H and O–H groups in total. The summed E-state index contributed by atoms with van der Waals surface area (Å²) in [6.07, 6.45) is 0. The lowest BCUT2D eigenvalue weighted by atomic mass is 9.90. The Morgan fingerprint density at radius 1 is 1.21 bits per heavy atom. The van der Waals surface area contributed by atoms with Crippen LogP contribution in [0.2, 0.25) is 0 Å². The van der Waals surface area contributed by atoms with Gasteiger partial charge in [-0.2, -0.15) is 0 Å². The molecule has 1 saturated heterocycles. The number of carbonyl (C=O) groups is 3. The van der Waals surface area contributed by atoms with E-state index in [-0.39, 0.29) is 0 Å². The van der Waals surface area contributed by atoms with Crippen LogP contribution in [0.4, 0.5) is 4.79 Å². The minimum atomic E-state index is -1.24. The van der Waals surface area contributed by atoms with Gasteiger partial charge < -0.3 is 15.8 Å². The zero-order valence-electron chi connectivity index (χ0n) is 13.3. The molecule has 0 spiro atoms. The highest BCUT2D eigenvalue weighted by atomic mass is 16.5. The number of fused-ring (bicyclic) bond motifs is 1. The molecular formula is C17H17N3O4. The number of amides is 4. The SMILES string of the molecule is COc1ccc2cc([C@@]3(C)NC(=O)N(CC(N)=O)C3=O)ccc2c1. The fourth-order valence-corrected chi connectivity index (χ4v) is 2.85. The Bertz CT molecular complexity index is 864. The number of benzene rings is 2. The predicted molar refractivity (Wildman–Crippen MR) is 87.3 cm³/mol. The van der Waals surface area contributed by atoms with Gasteiger partial charge in [-0.3, -0.25) is 14.5 Å². The van der Waals surface area contributed by atoms with Crippen molar-refractivity contribution in [3.8, 4) is 5.75 Å². The molecule has 7 nitrogen and oxygen atoms in total. The maximum atomic E-state index is 12.6. The number of hydrogen-bond donors (Lipinski definition) is 2. The van der Waals surface area contributed by atoms with Gasteiger partial charge in [0.1, 0.15) is 17.8 Å². The Labute approximate surface area is 138 Å². The highest BCUT2D eigenvalue weighted by Crippen LogP contribution is 2.31. The summed E-state index contributed by atoms with van der Waals surface area (Å²) in [5.74, 6) is -0.508. The third-order valence-corrected chi connectivity index (χ3v) is 4.21. The molecule has 0 bridgehead atoms. The zero-order valence-corrected chi connectivity index (χ0v) is 13.3. The lowest BCUT2D eigenvalue weighted by Crippen LogP contribution is -2.42.